The van der Waals surface area contributed by atoms with Crippen LogP contribution >= 0.6 is 0 Å². The zero-order valence-corrected chi connectivity index (χ0v) is 11.4. The van der Waals surface area contributed by atoms with Crippen molar-refractivity contribution in [3.63, 3.8) is 0 Å². The van der Waals surface area contributed by atoms with Crippen LogP contribution in [0.15, 0.2) is 24.3 Å². The van der Waals surface area contributed by atoms with Gasteiger partial charge in [-0.25, -0.2) is 4.39 Å². The summed E-state index contributed by atoms with van der Waals surface area (Å²) in [6, 6.07) is 6.62. The van der Waals surface area contributed by atoms with Crippen LogP contribution in [0.3, 0.4) is 0 Å². The molecular formula is C16H23FN2. The molecule has 3 rings (SSSR count). The monoisotopic (exact) mass is 262 g/mol. The van der Waals surface area contributed by atoms with Crippen molar-refractivity contribution >= 4 is 0 Å². The van der Waals surface area contributed by atoms with Gasteiger partial charge < -0.3 is 10.6 Å². The van der Waals surface area contributed by atoms with Gasteiger partial charge in [-0.2, -0.15) is 0 Å². The third-order valence-electron chi connectivity index (χ3n) is 4.18. The van der Waals surface area contributed by atoms with E-state index in [0.717, 1.165) is 23.9 Å². The van der Waals surface area contributed by atoms with Gasteiger partial charge in [-0.05, 0) is 55.2 Å². The molecule has 2 fully saturated rings. The maximum Gasteiger partial charge on any atom is 0.123 e. The first-order chi connectivity index (χ1) is 9.20. The maximum atomic E-state index is 12.9. The molecule has 1 atom stereocenters. The molecule has 1 aromatic carbocycles. The van der Waals surface area contributed by atoms with Crippen molar-refractivity contribution in [1.82, 2.24) is 4.90 Å². The van der Waals surface area contributed by atoms with Gasteiger partial charge in [0.2, 0.25) is 0 Å². The summed E-state index contributed by atoms with van der Waals surface area (Å²) >= 11 is 0. The molecule has 1 unspecified atom stereocenters. The van der Waals surface area contributed by atoms with Crippen LogP contribution in [0.2, 0.25) is 0 Å². The Kier molecular flexibility index (Phi) is 3.85. The summed E-state index contributed by atoms with van der Waals surface area (Å²) in [4.78, 5) is 2.53. The van der Waals surface area contributed by atoms with Gasteiger partial charge in [0.1, 0.15) is 5.82 Å². The lowest BCUT2D eigenvalue weighted by Crippen LogP contribution is -2.35. The molecule has 2 aliphatic carbocycles. The predicted octanol–water partition coefficient (Wildman–Crippen LogP) is 2.95. The number of hydrogen-bond acceptors (Lipinski definition) is 2. The Hall–Kier alpha value is -0.930. The molecule has 2 saturated carbocycles. The summed E-state index contributed by atoms with van der Waals surface area (Å²) in [6.07, 6.45) is 5.53. The van der Waals surface area contributed by atoms with E-state index in [1.165, 1.54) is 50.9 Å². The van der Waals surface area contributed by atoms with Crippen LogP contribution in [0.1, 0.15) is 37.3 Å². The van der Waals surface area contributed by atoms with Crippen molar-refractivity contribution in [2.24, 2.45) is 17.6 Å². The zero-order chi connectivity index (χ0) is 13.2. The second kappa shape index (κ2) is 5.59. The van der Waals surface area contributed by atoms with Gasteiger partial charge in [0.25, 0.3) is 0 Å². The first kappa shape index (κ1) is 13.1. The third-order valence-corrected chi connectivity index (χ3v) is 4.18. The number of benzene rings is 1. The van der Waals surface area contributed by atoms with Crippen molar-refractivity contribution in [2.45, 2.75) is 31.7 Å². The molecule has 0 radical (unpaired) electrons. The molecular weight excluding hydrogens is 239 g/mol. The summed E-state index contributed by atoms with van der Waals surface area (Å²) in [5.74, 6) is 1.61. The van der Waals surface area contributed by atoms with Crippen LogP contribution in [0.5, 0.6) is 0 Å². The molecule has 19 heavy (non-hydrogen) atoms. The summed E-state index contributed by atoms with van der Waals surface area (Å²) < 4.78 is 12.9. The fraction of sp³-hybridized carbons (Fsp3) is 0.625. The van der Waals surface area contributed by atoms with Gasteiger partial charge in [-0.3, -0.25) is 0 Å². The normalized spacial score (nSPS) is 20.8. The molecule has 2 nitrogen and oxygen atoms in total. The van der Waals surface area contributed by atoms with Crippen LogP contribution in [-0.4, -0.2) is 24.5 Å². The van der Waals surface area contributed by atoms with E-state index >= 15 is 0 Å². The Morgan fingerprint density at radius 1 is 1.05 bits per heavy atom. The molecule has 104 valence electrons. The van der Waals surface area contributed by atoms with Gasteiger partial charge in [-0.15, -0.1) is 0 Å². The van der Waals surface area contributed by atoms with E-state index in [2.05, 4.69) is 4.90 Å². The second-order valence-corrected chi connectivity index (χ2v) is 6.26. The largest absolute Gasteiger partial charge is 0.323 e. The van der Waals surface area contributed by atoms with E-state index in [1.54, 1.807) is 0 Å². The topological polar surface area (TPSA) is 29.3 Å². The summed E-state index contributed by atoms with van der Waals surface area (Å²) in [6.45, 7) is 3.30. The lowest BCUT2D eigenvalue weighted by atomic mass is 10.1. The Balaban J connectivity index is 1.57. The summed E-state index contributed by atoms with van der Waals surface area (Å²) in [5.41, 5.74) is 7.31. The van der Waals surface area contributed by atoms with E-state index in [0.29, 0.717) is 0 Å². The fourth-order valence-corrected chi connectivity index (χ4v) is 2.65. The molecule has 2 N–H and O–H groups in total. The Bertz CT molecular complexity index is 395. The van der Waals surface area contributed by atoms with Gasteiger partial charge in [0.05, 0.1) is 0 Å². The first-order valence-electron chi connectivity index (χ1n) is 7.44. The average Bonchev–Trinajstić information content (AvgIpc) is 3.26. The molecule has 0 aromatic heterocycles. The molecule has 0 amide bonds. The summed E-state index contributed by atoms with van der Waals surface area (Å²) in [5, 5.41) is 0. The van der Waals surface area contributed by atoms with Crippen molar-refractivity contribution in [3.05, 3.63) is 35.6 Å². The van der Waals surface area contributed by atoms with Crippen molar-refractivity contribution in [3.8, 4) is 0 Å². The Morgan fingerprint density at radius 3 is 2.05 bits per heavy atom. The summed E-state index contributed by atoms with van der Waals surface area (Å²) in [7, 11) is 0. The quantitative estimate of drug-likeness (QED) is 0.818. The molecule has 3 heteroatoms. The highest BCUT2D eigenvalue weighted by molar-refractivity contribution is 5.19. The minimum absolute atomic E-state index is 0.00176. The van der Waals surface area contributed by atoms with Crippen molar-refractivity contribution < 1.29 is 4.39 Å². The minimum atomic E-state index is -0.191. The Morgan fingerprint density at radius 2 is 1.58 bits per heavy atom. The lowest BCUT2D eigenvalue weighted by Gasteiger charge is -2.26. The van der Waals surface area contributed by atoms with Crippen LogP contribution in [0.4, 0.5) is 4.39 Å². The number of hydrogen-bond donors (Lipinski definition) is 1. The molecule has 2 aliphatic rings. The van der Waals surface area contributed by atoms with Crippen LogP contribution in [0.25, 0.3) is 0 Å². The van der Waals surface area contributed by atoms with Crippen LogP contribution < -0.4 is 5.73 Å². The standard InChI is InChI=1S/C16H23FN2/c17-15-7-5-14(6-8-15)16(18)11-19(9-12-1-2-12)10-13-3-4-13/h5-8,12-13,16H,1-4,9-11,18H2. The molecule has 0 saturated heterocycles. The highest BCUT2D eigenvalue weighted by Gasteiger charge is 2.29. The van der Waals surface area contributed by atoms with Gasteiger partial charge >= 0.3 is 0 Å². The number of nitrogens with zero attached hydrogens (tertiary/aromatic N) is 1. The van der Waals surface area contributed by atoms with Gasteiger partial charge in [0.15, 0.2) is 0 Å². The van der Waals surface area contributed by atoms with Crippen LogP contribution in [-0.2, 0) is 0 Å². The van der Waals surface area contributed by atoms with Crippen LogP contribution in [0, 0.1) is 17.7 Å². The highest BCUT2D eigenvalue weighted by Crippen LogP contribution is 2.34. The number of nitrogens with two attached hydrogens (primary N) is 1. The fourth-order valence-electron chi connectivity index (χ4n) is 2.65. The molecule has 0 aliphatic heterocycles. The smallest absolute Gasteiger partial charge is 0.123 e. The highest BCUT2D eigenvalue weighted by atomic mass is 19.1. The first-order valence-corrected chi connectivity index (χ1v) is 7.44. The number of halogens is 1. The average molecular weight is 262 g/mol. The van der Waals surface area contributed by atoms with Gasteiger partial charge in [-0.1, -0.05) is 12.1 Å². The third kappa shape index (κ3) is 4.02. The molecule has 0 spiro atoms. The van der Waals surface area contributed by atoms with Crippen molar-refractivity contribution in [1.29, 1.82) is 0 Å². The number of rotatable bonds is 7. The lowest BCUT2D eigenvalue weighted by molar-refractivity contribution is 0.238. The molecule has 0 heterocycles. The zero-order valence-electron chi connectivity index (χ0n) is 11.4. The van der Waals surface area contributed by atoms with Gasteiger partial charge in [0, 0.05) is 25.7 Å². The van der Waals surface area contributed by atoms with E-state index in [9.17, 15) is 4.39 Å². The SMILES string of the molecule is NC(CN(CC1CC1)CC1CC1)c1ccc(F)cc1. The van der Waals surface area contributed by atoms with E-state index in [1.807, 2.05) is 12.1 Å². The molecule has 1 aromatic rings. The van der Waals surface area contributed by atoms with E-state index < -0.39 is 0 Å². The van der Waals surface area contributed by atoms with Crippen molar-refractivity contribution in [2.75, 3.05) is 19.6 Å². The maximum absolute atomic E-state index is 12.9. The Labute approximate surface area is 114 Å². The molecule has 0 bridgehead atoms. The van der Waals surface area contributed by atoms with E-state index in [-0.39, 0.29) is 11.9 Å². The van der Waals surface area contributed by atoms with E-state index in [4.69, 9.17) is 5.73 Å². The predicted molar refractivity (Wildman–Crippen MR) is 75.2 cm³/mol. The second-order valence-electron chi connectivity index (χ2n) is 6.26. The minimum Gasteiger partial charge on any atom is -0.323 e.